The molecule has 1 aliphatic rings. The van der Waals surface area contributed by atoms with Crippen LogP contribution in [-0.2, 0) is 17.1 Å². The van der Waals surface area contributed by atoms with Crippen LogP contribution in [0.3, 0.4) is 0 Å². The van der Waals surface area contributed by atoms with Crippen LogP contribution < -0.4 is 5.76 Å². The Balaban J connectivity index is 2.13. The summed E-state index contributed by atoms with van der Waals surface area (Å²) < 4.78 is 32.4. The van der Waals surface area contributed by atoms with Crippen LogP contribution in [0, 0.1) is 0 Å². The lowest BCUT2D eigenvalue weighted by Crippen LogP contribution is -2.28. The first-order valence-electron chi connectivity index (χ1n) is 5.99. The largest absolute Gasteiger partial charge is 0.419 e. The molecule has 0 aliphatic heterocycles. The van der Waals surface area contributed by atoms with Gasteiger partial charge in [0.2, 0.25) is 10.0 Å². The molecule has 1 saturated carbocycles. The summed E-state index contributed by atoms with van der Waals surface area (Å²) in [6, 6.07) is 4.60. The highest BCUT2D eigenvalue weighted by atomic mass is 32.2. The molecule has 2 aromatic rings. The van der Waals surface area contributed by atoms with E-state index in [0.29, 0.717) is 5.52 Å². The molecule has 19 heavy (non-hydrogen) atoms. The van der Waals surface area contributed by atoms with E-state index in [9.17, 15) is 13.2 Å². The zero-order valence-electron chi connectivity index (χ0n) is 10.7. The molecule has 0 radical (unpaired) electrons. The number of benzene rings is 1. The fourth-order valence-corrected chi connectivity index (χ4v) is 3.51. The molecule has 7 heteroatoms. The summed E-state index contributed by atoms with van der Waals surface area (Å²) in [6.45, 7) is 0. The van der Waals surface area contributed by atoms with Crippen molar-refractivity contribution in [1.29, 1.82) is 0 Å². The molecule has 0 saturated heterocycles. The van der Waals surface area contributed by atoms with E-state index in [2.05, 4.69) is 0 Å². The van der Waals surface area contributed by atoms with Crippen LogP contribution in [0.15, 0.2) is 32.3 Å². The molecule has 0 spiro atoms. The zero-order chi connectivity index (χ0) is 13.8. The Hall–Kier alpha value is -1.60. The van der Waals surface area contributed by atoms with Crippen LogP contribution in [0.5, 0.6) is 0 Å². The first-order chi connectivity index (χ1) is 8.91. The van der Waals surface area contributed by atoms with Gasteiger partial charge in [0, 0.05) is 26.2 Å². The standard InChI is InChI=1S/C12H14N2O4S/c1-13-10-6-5-9(7-11(10)18-12(13)15)19(16,17)14(2)8-3-4-8/h5-8H,3-4H2,1-2H3. The number of fused-ring (bicyclic) bond motifs is 1. The molecule has 102 valence electrons. The number of aryl methyl sites for hydroxylation is 1. The average molecular weight is 282 g/mol. The van der Waals surface area contributed by atoms with E-state index in [-0.39, 0.29) is 16.5 Å². The highest BCUT2D eigenvalue weighted by Gasteiger charge is 2.35. The minimum atomic E-state index is -3.51. The van der Waals surface area contributed by atoms with Gasteiger partial charge in [0.1, 0.15) is 0 Å². The van der Waals surface area contributed by atoms with Gasteiger partial charge in [-0.05, 0) is 25.0 Å². The zero-order valence-corrected chi connectivity index (χ0v) is 11.5. The summed E-state index contributed by atoms with van der Waals surface area (Å²) >= 11 is 0. The van der Waals surface area contributed by atoms with Gasteiger partial charge in [-0.2, -0.15) is 4.31 Å². The normalized spacial score (nSPS) is 16.4. The molecule has 0 N–H and O–H groups in total. The summed E-state index contributed by atoms with van der Waals surface area (Å²) in [5.74, 6) is -0.500. The maximum absolute atomic E-state index is 12.3. The molecule has 0 atom stereocenters. The molecular formula is C12H14N2O4S. The molecule has 0 bridgehead atoms. The summed E-state index contributed by atoms with van der Waals surface area (Å²) in [7, 11) is -0.345. The van der Waals surface area contributed by atoms with E-state index in [0.717, 1.165) is 12.8 Å². The molecule has 1 aromatic carbocycles. The Morgan fingerprint density at radius 2 is 2.05 bits per heavy atom. The van der Waals surface area contributed by atoms with E-state index < -0.39 is 15.8 Å². The molecule has 1 aliphatic carbocycles. The van der Waals surface area contributed by atoms with Crippen molar-refractivity contribution < 1.29 is 12.8 Å². The fourth-order valence-electron chi connectivity index (χ4n) is 2.08. The van der Waals surface area contributed by atoms with Gasteiger partial charge in [-0.15, -0.1) is 0 Å². The second kappa shape index (κ2) is 3.94. The van der Waals surface area contributed by atoms with E-state index in [4.69, 9.17) is 4.42 Å². The molecule has 1 fully saturated rings. The number of rotatable bonds is 3. The number of hydrogen-bond acceptors (Lipinski definition) is 4. The van der Waals surface area contributed by atoms with Crippen molar-refractivity contribution in [3.8, 4) is 0 Å². The fraction of sp³-hybridized carbons (Fsp3) is 0.417. The van der Waals surface area contributed by atoms with E-state index in [1.807, 2.05) is 0 Å². The predicted molar refractivity (Wildman–Crippen MR) is 69.4 cm³/mol. The van der Waals surface area contributed by atoms with Crippen molar-refractivity contribution in [2.75, 3.05) is 7.05 Å². The Morgan fingerprint density at radius 3 is 2.68 bits per heavy atom. The van der Waals surface area contributed by atoms with Crippen LogP contribution in [0.4, 0.5) is 0 Å². The van der Waals surface area contributed by atoms with Gasteiger partial charge in [0.05, 0.1) is 10.4 Å². The summed E-state index contributed by atoms with van der Waals surface area (Å²) in [5, 5.41) is 0. The number of aromatic nitrogens is 1. The molecule has 6 nitrogen and oxygen atoms in total. The van der Waals surface area contributed by atoms with Crippen LogP contribution in [0.25, 0.3) is 11.1 Å². The van der Waals surface area contributed by atoms with Gasteiger partial charge in [-0.1, -0.05) is 0 Å². The van der Waals surface area contributed by atoms with Crippen molar-refractivity contribution in [3.63, 3.8) is 0 Å². The highest BCUT2D eigenvalue weighted by molar-refractivity contribution is 7.89. The number of sulfonamides is 1. The van der Waals surface area contributed by atoms with Gasteiger partial charge < -0.3 is 4.42 Å². The van der Waals surface area contributed by atoms with Crippen molar-refractivity contribution in [1.82, 2.24) is 8.87 Å². The minimum absolute atomic E-state index is 0.100. The van der Waals surface area contributed by atoms with Crippen molar-refractivity contribution in [2.45, 2.75) is 23.8 Å². The number of nitrogens with zero attached hydrogens (tertiary/aromatic N) is 2. The summed E-state index contributed by atoms with van der Waals surface area (Å²) in [5.41, 5.74) is 0.871. The van der Waals surface area contributed by atoms with E-state index in [1.54, 1.807) is 20.2 Å². The van der Waals surface area contributed by atoms with Gasteiger partial charge in [0.25, 0.3) is 0 Å². The first-order valence-corrected chi connectivity index (χ1v) is 7.43. The lowest BCUT2D eigenvalue weighted by molar-refractivity contribution is 0.464. The second-order valence-electron chi connectivity index (χ2n) is 4.81. The topological polar surface area (TPSA) is 72.5 Å². The quantitative estimate of drug-likeness (QED) is 0.839. The summed E-state index contributed by atoms with van der Waals surface area (Å²) in [6.07, 6.45) is 1.80. The Labute approximate surface area is 110 Å². The Bertz CT molecular complexity index is 799. The predicted octanol–water partition coefficient (Wildman–Crippen LogP) is 0.914. The molecule has 0 unspecified atom stereocenters. The third-order valence-electron chi connectivity index (χ3n) is 3.50. The Kier molecular flexibility index (Phi) is 2.58. The monoisotopic (exact) mass is 282 g/mol. The van der Waals surface area contributed by atoms with Gasteiger partial charge in [-0.25, -0.2) is 13.2 Å². The van der Waals surface area contributed by atoms with Crippen molar-refractivity contribution in [3.05, 3.63) is 28.7 Å². The highest BCUT2D eigenvalue weighted by Crippen LogP contribution is 2.31. The summed E-state index contributed by atoms with van der Waals surface area (Å²) in [4.78, 5) is 11.5. The second-order valence-corrected chi connectivity index (χ2v) is 6.81. The van der Waals surface area contributed by atoms with E-state index in [1.165, 1.54) is 21.0 Å². The lowest BCUT2D eigenvalue weighted by atomic mass is 10.3. The van der Waals surface area contributed by atoms with Crippen LogP contribution in [0.2, 0.25) is 0 Å². The molecule has 0 amide bonds. The van der Waals surface area contributed by atoms with Crippen LogP contribution in [-0.4, -0.2) is 30.4 Å². The van der Waals surface area contributed by atoms with Crippen LogP contribution >= 0.6 is 0 Å². The SMILES string of the molecule is CN(C1CC1)S(=O)(=O)c1ccc2c(c1)oc(=O)n2C. The van der Waals surface area contributed by atoms with Crippen LogP contribution in [0.1, 0.15) is 12.8 Å². The van der Waals surface area contributed by atoms with Gasteiger partial charge in [0.15, 0.2) is 5.58 Å². The number of oxazole rings is 1. The van der Waals surface area contributed by atoms with Gasteiger partial charge >= 0.3 is 5.76 Å². The third kappa shape index (κ3) is 1.89. The Morgan fingerprint density at radius 1 is 1.37 bits per heavy atom. The first kappa shape index (κ1) is 12.4. The third-order valence-corrected chi connectivity index (χ3v) is 5.41. The average Bonchev–Trinajstić information content (AvgIpc) is 3.17. The van der Waals surface area contributed by atoms with Gasteiger partial charge in [-0.3, -0.25) is 4.57 Å². The smallest absolute Gasteiger partial charge is 0.408 e. The van der Waals surface area contributed by atoms with E-state index >= 15 is 0 Å². The van der Waals surface area contributed by atoms with Crippen molar-refractivity contribution >= 4 is 21.1 Å². The molecular weight excluding hydrogens is 268 g/mol. The minimum Gasteiger partial charge on any atom is -0.408 e. The van der Waals surface area contributed by atoms with Crippen molar-refractivity contribution in [2.24, 2.45) is 7.05 Å². The maximum atomic E-state index is 12.3. The number of hydrogen-bond donors (Lipinski definition) is 0. The maximum Gasteiger partial charge on any atom is 0.419 e. The molecule has 3 rings (SSSR count). The molecule has 1 heterocycles. The lowest BCUT2D eigenvalue weighted by Gasteiger charge is -2.16. The molecule has 1 aromatic heterocycles.